The normalized spacial score (nSPS) is 11.8. The lowest BCUT2D eigenvalue weighted by molar-refractivity contribution is 0.1000. The molecule has 0 fully saturated rings. The van der Waals surface area contributed by atoms with Crippen LogP contribution in [0.3, 0.4) is 0 Å². The van der Waals surface area contributed by atoms with Crippen LogP contribution in [0, 0.1) is 12.3 Å². The Hall–Kier alpha value is -1.79. The third kappa shape index (κ3) is 4.29. The molecule has 3 heteroatoms. The summed E-state index contributed by atoms with van der Waals surface area (Å²) in [6.07, 6.45) is 7.41. The van der Waals surface area contributed by atoms with E-state index < -0.39 is 5.91 Å². The van der Waals surface area contributed by atoms with Crippen LogP contribution in [0.1, 0.15) is 35.7 Å². The topological polar surface area (TPSA) is 55.1 Å². The number of terminal acetylenes is 1. The molecule has 0 heterocycles. The molecule has 0 aliphatic rings. The van der Waals surface area contributed by atoms with E-state index in [4.69, 9.17) is 12.2 Å². The maximum atomic E-state index is 11.0. The first-order valence-electron chi connectivity index (χ1n) is 5.75. The summed E-state index contributed by atoms with van der Waals surface area (Å²) in [6, 6.07) is 7.34. The van der Waals surface area contributed by atoms with Gasteiger partial charge in [-0.2, -0.15) is 0 Å². The van der Waals surface area contributed by atoms with Crippen molar-refractivity contribution in [2.75, 3.05) is 0 Å². The third-order valence-corrected chi connectivity index (χ3v) is 2.54. The molecule has 1 aromatic rings. The van der Waals surface area contributed by atoms with Crippen molar-refractivity contribution in [3.8, 4) is 12.3 Å². The summed E-state index contributed by atoms with van der Waals surface area (Å²) in [5.41, 5.74) is 6.76. The van der Waals surface area contributed by atoms with Gasteiger partial charge in [0.1, 0.15) is 0 Å². The number of carbonyl (C=O) groups excluding carboxylic acids is 1. The fourth-order valence-corrected chi connectivity index (χ4v) is 1.61. The first kappa shape index (κ1) is 13.3. The zero-order valence-corrected chi connectivity index (χ0v) is 10.1. The second kappa shape index (κ2) is 6.72. The zero-order valence-electron chi connectivity index (χ0n) is 10.1. The van der Waals surface area contributed by atoms with Gasteiger partial charge < -0.3 is 5.73 Å². The van der Waals surface area contributed by atoms with E-state index in [1.54, 1.807) is 12.1 Å². The van der Waals surface area contributed by atoms with Gasteiger partial charge in [0.2, 0.25) is 5.91 Å². The highest BCUT2D eigenvalue weighted by Crippen LogP contribution is 2.05. The second-order valence-electron chi connectivity index (χ2n) is 3.95. The van der Waals surface area contributed by atoms with Crippen molar-refractivity contribution in [1.82, 2.24) is 5.32 Å². The van der Waals surface area contributed by atoms with E-state index in [9.17, 15) is 4.79 Å². The van der Waals surface area contributed by atoms with Crippen LogP contribution >= 0.6 is 0 Å². The second-order valence-corrected chi connectivity index (χ2v) is 3.95. The van der Waals surface area contributed by atoms with E-state index in [0.29, 0.717) is 12.1 Å². The van der Waals surface area contributed by atoms with Crippen LogP contribution in [-0.4, -0.2) is 11.9 Å². The predicted molar refractivity (Wildman–Crippen MR) is 69.3 cm³/mol. The molecule has 1 aromatic carbocycles. The monoisotopic (exact) mass is 230 g/mol. The van der Waals surface area contributed by atoms with Gasteiger partial charge in [-0.15, -0.1) is 6.42 Å². The largest absolute Gasteiger partial charge is 0.366 e. The minimum Gasteiger partial charge on any atom is -0.366 e. The van der Waals surface area contributed by atoms with Crippen molar-refractivity contribution in [1.29, 1.82) is 0 Å². The fraction of sp³-hybridized carbons (Fsp3) is 0.357. The molecule has 0 aromatic heterocycles. The van der Waals surface area contributed by atoms with Crippen LogP contribution < -0.4 is 11.1 Å². The number of nitrogens with two attached hydrogens (primary N) is 1. The molecule has 90 valence electrons. The smallest absolute Gasteiger partial charge is 0.248 e. The number of rotatable bonds is 6. The van der Waals surface area contributed by atoms with E-state index >= 15 is 0 Å². The summed E-state index contributed by atoms with van der Waals surface area (Å²) < 4.78 is 0. The van der Waals surface area contributed by atoms with E-state index in [1.165, 1.54) is 0 Å². The maximum Gasteiger partial charge on any atom is 0.248 e. The summed E-state index contributed by atoms with van der Waals surface area (Å²) in [7, 11) is 0. The Morgan fingerprint density at radius 2 is 2.35 bits per heavy atom. The molecule has 0 spiro atoms. The molecule has 0 bridgehead atoms. The first-order valence-corrected chi connectivity index (χ1v) is 5.75. The molecule has 17 heavy (non-hydrogen) atoms. The number of hydrogen-bond donors (Lipinski definition) is 2. The van der Waals surface area contributed by atoms with Crippen molar-refractivity contribution in [2.45, 2.75) is 32.4 Å². The molecule has 0 saturated carbocycles. The predicted octanol–water partition coefficient (Wildman–Crippen LogP) is 1.68. The van der Waals surface area contributed by atoms with E-state index in [0.717, 1.165) is 18.4 Å². The molecule has 3 nitrogen and oxygen atoms in total. The molecule has 3 N–H and O–H groups in total. The Balaban J connectivity index is 2.60. The minimum atomic E-state index is -0.408. The van der Waals surface area contributed by atoms with Crippen LogP contribution in [0.2, 0.25) is 0 Å². The highest BCUT2D eigenvalue weighted by atomic mass is 16.1. The lowest BCUT2D eigenvalue weighted by Gasteiger charge is -2.12. The third-order valence-electron chi connectivity index (χ3n) is 2.54. The van der Waals surface area contributed by atoms with Crippen molar-refractivity contribution in [3.63, 3.8) is 0 Å². The summed E-state index contributed by atoms with van der Waals surface area (Å²) in [5.74, 6) is 2.30. The molecular weight excluding hydrogens is 212 g/mol. The Kier molecular flexibility index (Phi) is 5.25. The zero-order chi connectivity index (χ0) is 12.7. The van der Waals surface area contributed by atoms with Gasteiger partial charge >= 0.3 is 0 Å². The average molecular weight is 230 g/mol. The highest BCUT2D eigenvalue weighted by Gasteiger charge is 2.04. The summed E-state index contributed by atoms with van der Waals surface area (Å²) in [6.45, 7) is 2.75. The molecule has 1 rings (SSSR count). The molecular formula is C14H18N2O. The Morgan fingerprint density at radius 3 is 2.94 bits per heavy atom. The molecule has 1 atom stereocenters. The van der Waals surface area contributed by atoms with Crippen LogP contribution in [0.25, 0.3) is 0 Å². The molecule has 0 aliphatic carbocycles. The van der Waals surface area contributed by atoms with Crippen LogP contribution in [-0.2, 0) is 6.54 Å². The van der Waals surface area contributed by atoms with Crippen LogP contribution in [0.15, 0.2) is 24.3 Å². The lowest BCUT2D eigenvalue weighted by Crippen LogP contribution is -2.26. The average Bonchev–Trinajstić information content (AvgIpc) is 2.34. The number of carbonyl (C=O) groups is 1. The van der Waals surface area contributed by atoms with Gasteiger partial charge in [0, 0.05) is 12.1 Å². The van der Waals surface area contributed by atoms with E-state index in [1.807, 2.05) is 12.1 Å². The Morgan fingerprint density at radius 1 is 1.59 bits per heavy atom. The van der Waals surface area contributed by atoms with E-state index in [2.05, 4.69) is 18.2 Å². The molecule has 0 radical (unpaired) electrons. The molecule has 1 amide bonds. The number of nitrogens with one attached hydrogen (secondary N) is 1. The van der Waals surface area contributed by atoms with Gasteiger partial charge in [-0.3, -0.25) is 10.1 Å². The number of primary amides is 1. The van der Waals surface area contributed by atoms with Gasteiger partial charge in [0.15, 0.2) is 0 Å². The van der Waals surface area contributed by atoms with Crippen LogP contribution in [0.4, 0.5) is 0 Å². The fourth-order valence-electron chi connectivity index (χ4n) is 1.61. The molecule has 0 aliphatic heterocycles. The van der Waals surface area contributed by atoms with Crippen molar-refractivity contribution >= 4 is 5.91 Å². The summed E-state index contributed by atoms with van der Waals surface area (Å²) >= 11 is 0. The van der Waals surface area contributed by atoms with Crippen molar-refractivity contribution in [2.24, 2.45) is 5.73 Å². The van der Waals surface area contributed by atoms with E-state index in [-0.39, 0.29) is 6.04 Å². The van der Waals surface area contributed by atoms with Gasteiger partial charge in [-0.05, 0) is 24.1 Å². The van der Waals surface area contributed by atoms with Gasteiger partial charge in [0.25, 0.3) is 0 Å². The number of hydrogen-bond acceptors (Lipinski definition) is 2. The van der Waals surface area contributed by atoms with Crippen molar-refractivity contribution in [3.05, 3.63) is 35.4 Å². The Labute approximate surface area is 102 Å². The van der Waals surface area contributed by atoms with Crippen LogP contribution in [0.5, 0.6) is 0 Å². The SMILES string of the molecule is C#CC(CCC)NCc1cccc(C(N)=O)c1. The van der Waals surface area contributed by atoms with Crippen molar-refractivity contribution < 1.29 is 4.79 Å². The number of amides is 1. The molecule has 1 unspecified atom stereocenters. The minimum absolute atomic E-state index is 0.0808. The number of benzene rings is 1. The highest BCUT2D eigenvalue weighted by molar-refractivity contribution is 5.92. The summed E-state index contributed by atoms with van der Waals surface area (Å²) in [5, 5.41) is 3.26. The standard InChI is InChI=1S/C14H18N2O/c1-3-6-13(4-2)16-10-11-7-5-8-12(9-11)14(15)17/h2,5,7-9,13,16H,3,6,10H2,1H3,(H2,15,17). The first-order chi connectivity index (χ1) is 8.17. The van der Waals surface area contributed by atoms with Gasteiger partial charge in [-0.1, -0.05) is 31.4 Å². The van der Waals surface area contributed by atoms with Gasteiger partial charge in [-0.25, -0.2) is 0 Å². The quantitative estimate of drug-likeness (QED) is 0.730. The summed E-state index contributed by atoms with van der Waals surface area (Å²) in [4.78, 5) is 11.0. The maximum absolute atomic E-state index is 11.0. The Bertz CT molecular complexity index is 420. The lowest BCUT2D eigenvalue weighted by atomic mass is 10.1. The van der Waals surface area contributed by atoms with Gasteiger partial charge in [0.05, 0.1) is 6.04 Å². The molecule has 0 saturated heterocycles.